The molecule has 1 aromatic rings. The van der Waals surface area contributed by atoms with Crippen molar-refractivity contribution < 1.29 is 18.3 Å². The van der Waals surface area contributed by atoms with Gasteiger partial charge < -0.3 is 9.29 Å². The summed E-state index contributed by atoms with van der Waals surface area (Å²) >= 11 is -2.07. The largest absolute Gasteiger partial charge is 0.444 e. The average Bonchev–Trinajstić information content (AvgIpc) is 2.14. The van der Waals surface area contributed by atoms with Gasteiger partial charge in [0.25, 0.3) is 0 Å². The van der Waals surface area contributed by atoms with E-state index in [0.717, 1.165) is 0 Å². The molecule has 0 heterocycles. The van der Waals surface area contributed by atoms with E-state index in [0.29, 0.717) is 5.69 Å². The molecule has 17 heavy (non-hydrogen) atoms. The number of benzene rings is 1. The topological polar surface area (TPSA) is 75.6 Å². The lowest BCUT2D eigenvalue weighted by atomic mass is 10.2. The highest BCUT2D eigenvalue weighted by molar-refractivity contribution is 7.79. The Labute approximate surface area is 102 Å². The van der Waals surface area contributed by atoms with Gasteiger partial charge in [0, 0.05) is 5.69 Å². The van der Waals surface area contributed by atoms with E-state index in [-0.39, 0.29) is 4.90 Å². The maximum absolute atomic E-state index is 11.4. The summed E-state index contributed by atoms with van der Waals surface area (Å²) in [7, 11) is 0. The molecule has 1 unspecified atom stereocenters. The summed E-state index contributed by atoms with van der Waals surface area (Å²) in [6.45, 7) is 5.27. The van der Waals surface area contributed by atoms with E-state index in [1.807, 2.05) is 0 Å². The van der Waals surface area contributed by atoms with Crippen molar-refractivity contribution in [2.24, 2.45) is 0 Å². The van der Waals surface area contributed by atoms with E-state index in [1.54, 1.807) is 32.9 Å². The minimum Gasteiger partial charge on any atom is -0.444 e. The van der Waals surface area contributed by atoms with Crippen LogP contribution in [0.15, 0.2) is 29.2 Å². The van der Waals surface area contributed by atoms with Crippen LogP contribution < -0.4 is 5.32 Å². The first-order valence-electron chi connectivity index (χ1n) is 4.99. The Kier molecular flexibility index (Phi) is 4.25. The van der Waals surface area contributed by atoms with Crippen molar-refractivity contribution in [2.75, 3.05) is 5.32 Å². The molecule has 0 saturated heterocycles. The summed E-state index contributed by atoms with van der Waals surface area (Å²) in [5, 5.41) is 2.49. The minimum atomic E-state index is -2.07. The first-order chi connectivity index (χ1) is 7.78. The van der Waals surface area contributed by atoms with E-state index < -0.39 is 22.8 Å². The number of anilines is 1. The van der Waals surface area contributed by atoms with Gasteiger partial charge in [-0.15, -0.1) is 0 Å². The van der Waals surface area contributed by atoms with Gasteiger partial charge in [-0.2, -0.15) is 0 Å². The third-order valence-electron chi connectivity index (χ3n) is 1.68. The van der Waals surface area contributed by atoms with E-state index in [1.165, 1.54) is 12.1 Å². The molecule has 2 N–H and O–H groups in total. The standard InChI is InChI=1S/C11H15NO4S/c1-11(2,3)16-10(13)12-8-5-4-6-9(7-8)17(14)15/h4-7H,1-3H3,(H,12,13)(H,14,15). The molecule has 6 heteroatoms. The van der Waals surface area contributed by atoms with Crippen LogP contribution in [0, 0.1) is 0 Å². The van der Waals surface area contributed by atoms with Gasteiger partial charge in [-0.1, -0.05) is 6.07 Å². The highest BCUT2D eigenvalue weighted by Gasteiger charge is 2.16. The highest BCUT2D eigenvalue weighted by atomic mass is 32.2. The van der Waals surface area contributed by atoms with Crippen molar-refractivity contribution in [1.29, 1.82) is 0 Å². The predicted octanol–water partition coefficient (Wildman–Crippen LogP) is 2.61. The molecule has 1 aromatic carbocycles. The van der Waals surface area contributed by atoms with E-state index in [4.69, 9.17) is 9.29 Å². The number of nitrogens with one attached hydrogen (secondary N) is 1. The van der Waals surface area contributed by atoms with Crippen LogP contribution in [0.4, 0.5) is 10.5 Å². The van der Waals surface area contributed by atoms with Gasteiger partial charge in [-0.3, -0.25) is 5.32 Å². The van der Waals surface area contributed by atoms with Crippen molar-refractivity contribution in [3.05, 3.63) is 24.3 Å². The Morgan fingerprint density at radius 1 is 1.41 bits per heavy atom. The molecule has 0 radical (unpaired) electrons. The molecule has 0 aliphatic rings. The van der Waals surface area contributed by atoms with Crippen LogP contribution in [0.25, 0.3) is 0 Å². The van der Waals surface area contributed by atoms with Gasteiger partial charge in [-0.25, -0.2) is 9.00 Å². The van der Waals surface area contributed by atoms with Crippen molar-refractivity contribution in [1.82, 2.24) is 0 Å². The summed E-state index contributed by atoms with van der Waals surface area (Å²) in [4.78, 5) is 11.7. The SMILES string of the molecule is CC(C)(C)OC(=O)Nc1cccc(S(=O)O)c1. The lowest BCUT2D eigenvalue weighted by Crippen LogP contribution is -2.27. The normalized spacial score (nSPS) is 12.9. The number of amides is 1. The second-order valence-electron chi connectivity index (χ2n) is 4.40. The Hall–Kier alpha value is -1.40. The Balaban J connectivity index is 2.72. The minimum absolute atomic E-state index is 0.221. The van der Waals surface area contributed by atoms with Crippen molar-refractivity contribution in [3.63, 3.8) is 0 Å². The molecule has 0 aliphatic carbocycles. The fraction of sp³-hybridized carbons (Fsp3) is 0.364. The Morgan fingerprint density at radius 2 is 2.06 bits per heavy atom. The molecule has 94 valence electrons. The van der Waals surface area contributed by atoms with Crippen LogP contribution in [0.1, 0.15) is 20.8 Å². The first-order valence-corrected chi connectivity index (χ1v) is 6.09. The van der Waals surface area contributed by atoms with Crippen LogP contribution in [-0.2, 0) is 15.8 Å². The zero-order chi connectivity index (χ0) is 13.1. The van der Waals surface area contributed by atoms with E-state index in [9.17, 15) is 9.00 Å². The monoisotopic (exact) mass is 257 g/mol. The molecule has 0 saturated carbocycles. The fourth-order valence-corrected chi connectivity index (χ4v) is 1.53. The smallest absolute Gasteiger partial charge is 0.412 e. The lowest BCUT2D eigenvalue weighted by Gasteiger charge is -2.19. The van der Waals surface area contributed by atoms with Crippen molar-refractivity contribution in [3.8, 4) is 0 Å². The second-order valence-corrected chi connectivity index (χ2v) is 5.37. The van der Waals surface area contributed by atoms with Gasteiger partial charge in [0.15, 0.2) is 11.1 Å². The number of hydrogen-bond donors (Lipinski definition) is 2. The summed E-state index contributed by atoms with van der Waals surface area (Å²) in [5.41, 5.74) is -0.166. The summed E-state index contributed by atoms with van der Waals surface area (Å²) in [6.07, 6.45) is -0.599. The van der Waals surface area contributed by atoms with Crippen molar-refractivity contribution >= 4 is 22.9 Å². The van der Waals surface area contributed by atoms with Crippen molar-refractivity contribution in [2.45, 2.75) is 31.3 Å². The molecule has 0 fully saturated rings. The lowest BCUT2D eigenvalue weighted by molar-refractivity contribution is 0.0636. The Bertz CT molecular complexity index is 439. The van der Waals surface area contributed by atoms with E-state index >= 15 is 0 Å². The van der Waals surface area contributed by atoms with Gasteiger partial charge in [0.05, 0.1) is 4.90 Å². The molecule has 0 spiro atoms. The van der Waals surface area contributed by atoms with Crippen LogP contribution in [0.2, 0.25) is 0 Å². The first kappa shape index (κ1) is 13.7. The molecule has 0 aliphatic heterocycles. The number of carbonyl (C=O) groups is 1. The van der Waals surface area contributed by atoms with Gasteiger partial charge in [0.1, 0.15) is 5.60 Å². The third kappa shape index (κ3) is 4.97. The quantitative estimate of drug-likeness (QED) is 0.798. The molecule has 5 nitrogen and oxygen atoms in total. The summed E-state index contributed by atoms with van der Waals surface area (Å²) < 4.78 is 24.8. The number of rotatable bonds is 2. The zero-order valence-corrected chi connectivity index (χ0v) is 10.7. The van der Waals surface area contributed by atoms with E-state index in [2.05, 4.69) is 5.32 Å². The van der Waals surface area contributed by atoms with Crippen LogP contribution in [0.5, 0.6) is 0 Å². The number of carbonyl (C=O) groups excluding carboxylic acids is 1. The molecule has 0 bridgehead atoms. The summed E-state index contributed by atoms with van der Waals surface area (Å²) in [5.74, 6) is 0. The van der Waals surface area contributed by atoms with Gasteiger partial charge >= 0.3 is 6.09 Å². The Morgan fingerprint density at radius 3 is 2.59 bits per heavy atom. The highest BCUT2D eigenvalue weighted by Crippen LogP contribution is 2.15. The fourth-order valence-electron chi connectivity index (χ4n) is 1.10. The molecule has 1 amide bonds. The van der Waals surface area contributed by atoms with Gasteiger partial charge in [0.2, 0.25) is 0 Å². The van der Waals surface area contributed by atoms with Crippen LogP contribution in [0.3, 0.4) is 0 Å². The second kappa shape index (κ2) is 5.29. The average molecular weight is 257 g/mol. The molecular formula is C11H15NO4S. The molecule has 1 rings (SSSR count). The number of hydrogen-bond acceptors (Lipinski definition) is 3. The maximum atomic E-state index is 11.4. The molecule has 0 aromatic heterocycles. The molecule has 1 atom stereocenters. The van der Waals surface area contributed by atoms with Crippen LogP contribution >= 0.6 is 0 Å². The van der Waals surface area contributed by atoms with Crippen LogP contribution in [-0.4, -0.2) is 20.5 Å². The molecular weight excluding hydrogens is 242 g/mol. The predicted molar refractivity (Wildman–Crippen MR) is 65.3 cm³/mol. The maximum Gasteiger partial charge on any atom is 0.412 e. The zero-order valence-electron chi connectivity index (χ0n) is 9.89. The summed E-state index contributed by atoms with van der Waals surface area (Å²) in [6, 6.07) is 6.10. The van der Waals surface area contributed by atoms with Gasteiger partial charge in [-0.05, 0) is 39.0 Å². The number of ether oxygens (including phenoxy) is 1. The third-order valence-corrected chi connectivity index (χ3v) is 2.34.